The van der Waals surface area contributed by atoms with Crippen molar-refractivity contribution in [2.24, 2.45) is 16.7 Å². The molecular weight excluding hydrogens is 314 g/mol. The Morgan fingerprint density at radius 2 is 1.91 bits per heavy atom. The molecular formula is C17H29NO4S. The summed E-state index contributed by atoms with van der Waals surface area (Å²) in [7, 11) is -3.06. The number of hydrogen-bond donors (Lipinski definition) is 2. The molecule has 4 aliphatic rings. The molecule has 0 aliphatic heterocycles. The highest BCUT2D eigenvalue weighted by atomic mass is 32.2. The standard InChI is InChI=1S/C17H29NO4S/c1-3-15-7-13-8-16(10-15,12-17(20,9-13)11-15)14(19)18-5-6-23(21,22)4-2/h13,20H,3-12H2,1-2H3,(H,18,19). The second-order valence-electron chi connectivity index (χ2n) is 8.36. The van der Waals surface area contributed by atoms with Crippen molar-refractivity contribution in [3.8, 4) is 0 Å². The molecule has 0 saturated heterocycles. The van der Waals surface area contributed by atoms with E-state index in [1.807, 2.05) is 0 Å². The second-order valence-corrected chi connectivity index (χ2v) is 10.8. The highest BCUT2D eigenvalue weighted by Gasteiger charge is 2.64. The van der Waals surface area contributed by atoms with Gasteiger partial charge in [-0.2, -0.15) is 0 Å². The van der Waals surface area contributed by atoms with Crippen LogP contribution in [0.2, 0.25) is 0 Å². The highest BCUT2D eigenvalue weighted by Crippen LogP contribution is 2.67. The Balaban J connectivity index is 1.73. The largest absolute Gasteiger partial charge is 0.390 e. The molecule has 4 rings (SSSR count). The Hall–Kier alpha value is -0.620. The van der Waals surface area contributed by atoms with Crippen LogP contribution in [-0.4, -0.2) is 43.1 Å². The average Bonchev–Trinajstić information content (AvgIpc) is 2.44. The van der Waals surface area contributed by atoms with E-state index >= 15 is 0 Å². The number of nitrogens with one attached hydrogen (secondary N) is 1. The number of rotatable bonds is 6. The summed E-state index contributed by atoms with van der Waals surface area (Å²) in [6.07, 6.45) is 6.03. The Kier molecular flexibility index (Phi) is 4.08. The zero-order valence-corrected chi connectivity index (χ0v) is 15.0. The summed E-state index contributed by atoms with van der Waals surface area (Å²) in [6.45, 7) is 3.96. The van der Waals surface area contributed by atoms with Crippen LogP contribution in [-0.2, 0) is 14.6 Å². The van der Waals surface area contributed by atoms with E-state index < -0.39 is 20.9 Å². The van der Waals surface area contributed by atoms with Gasteiger partial charge >= 0.3 is 0 Å². The second kappa shape index (κ2) is 5.45. The van der Waals surface area contributed by atoms with Crippen molar-refractivity contribution in [2.75, 3.05) is 18.1 Å². The molecule has 4 unspecified atom stereocenters. The van der Waals surface area contributed by atoms with Gasteiger partial charge in [0.05, 0.1) is 16.8 Å². The van der Waals surface area contributed by atoms with Crippen molar-refractivity contribution in [1.82, 2.24) is 5.32 Å². The summed E-state index contributed by atoms with van der Waals surface area (Å²) in [6, 6.07) is 0. The first-order valence-corrected chi connectivity index (χ1v) is 10.7. The third-order valence-electron chi connectivity index (χ3n) is 6.52. The minimum absolute atomic E-state index is 0.00205. The van der Waals surface area contributed by atoms with E-state index in [9.17, 15) is 18.3 Å². The highest BCUT2D eigenvalue weighted by molar-refractivity contribution is 7.91. The van der Waals surface area contributed by atoms with Crippen LogP contribution in [0.15, 0.2) is 0 Å². The van der Waals surface area contributed by atoms with Gasteiger partial charge in [-0.3, -0.25) is 4.79 Å². The van der Waals surface area contributed by atoms with Crippen molar-refractivity contribution < 1.29 is 18.3 Å². The molecule has 132 valence electrons. The summed E-state index contributed by atoms with van der Waals surface area (Å²) < 4.78 is 23.2. The Morgan fingerprint density at radius 3 is 2.52 bits per heavy atom. The van der Waals surface area contributed by atoms with Crippen LogP contribution >= 0.6 is 0 Å². The van der Waals surface area contributed by atoms with Crippen LogP contribution in [0.4, 0.5) is 0 Å². The van der Waals surface area contributed by atoms with E-state index in [1.54, 1.807) is 6.92 Å². The lowest BCUT2D eigenvalue weighted by Crippen LogP contribution is -2.63. The lowest BCUT2D eigenvalue weighted by Gasteiger charge is -2.64. The van der Waals surface area contributed by atoms with E-state index in [-0.39, 0.29) is 29.4 Å². The monoisotopic (exact) mass is 343 g/mol. The lowest BCUT2D eigenvalue weighted by molar-refractivity contribution is -0.204. The van der Waals surface area contributed by atoms with Gasteiger partial charge < -0.3 is 10.4 Å². The van der Waals surface area contributed by atoms with Crippen molar-refractivity contribution in [2.45, 2.75) is 64.4 Å². The fourth-order valence-corrected chi connectivity index (χ4v) is 6.59. The molecule has 1 amide bonds. The summed E-state index contributed by atoms with van der Waals surface area (Å²) in [5.41, 5.74) is -1.08. The number of carbonyl (C=O) groups is 1. The molecule has 6 heteroatoms. The predicted molar refractivity (Wildman–Crippen MR) is 88.6 cm³/mol. The molecule has 4 saturated carbocycles. The van der Waals surface area contributed by atoms with Gasteiger partial charge in [0.2, 0.25) is 5.91 Å². The van der Waals surface area contributed by atoms with Gasteiger partial charge in [-0.25, -0.2) is 8.42 Å². The third kappa shape index (κ3) is 3.04. The van der Waals surface area contributed by atoms with Gasteiger partial charge in [0.25, 0.3) is 0 Å². The molecule has 4 atom stereocenters. The summed E-state index contributed by atoms with van der Waals surface area (Å²) in [5, 5.41) is 13.8. The first-order chi connectivity index (χ1) is 10.7. The Bertz CT molecular complexity index is 604. The Morgan fingerprint density at radius 1 is 1.17 bits per heavy atom. The average molecular weight is 343 g/mol. The van der Waals surface area contributed by atoms with Gasteiger partial charge in [0.1, 0.15) is 0 Å². The fourth-order valence-electron chi connectivity index (χ4n) is 5.88. The van der Waals surface area contributed by atoms with E-state index in [0.29, 0.717) is 12.3 Å². The number of sulfone groups is 1. The quantitative estimate of drug-likeness (QED) is 0.768. The summed E-state index contributed by atoms with van der Waals surface area (Å²) >= 11 is 0. The number of carbonyl (C=O) groups excluding carboxylic acids is 1. The predicted octanol–water partition coefficient (Wildman–Crippen LogP) is 1.65. The molecule has 0 aromatic heterocycles. The minimum Gasteiger partial charge on any atom is -0.390 e. The zero-order valence-electron chi connectivity index (χ0n) is 14.2. The number of aliphatic hydroxyl groups is 1. The van der Waals surface area contributed by atoms with Crippen LogP contribution in [0.25, 0.3) is 0 Å². The van der Waals surface area contributed by atoms with Crippen LogP contribution in [0, 0.1) is 16.7 Å². The van der Waals surface area contributed by atoms with Gasteiger partial charge in [0.15, 0.2) is 9.84 Å². The van der Waals surface area contributed by atoms with Crippen molar-refractivity contribution in [3.05, 3.63) is 0 Å². The zero-order chi connectivity index (χ0) is 16.9. The summed E-state index contributed by atoms with van der Waals surface area (Å²) in [5.74, 6) is 0.498. The van der Waals surface area contributed by atoms with Crippen molar-refractivity contribution in [1.29, 1.82) is 0 Å². The van der Waals surface area contributed by atoms with Crippen LogP contribution in [0.5, 0.6) is 0 Å². The maximum atomic E-state index is 12.9. The molecule has 2 N–H and O–H groups in total. The van der Waals surface area contributed by atoms with Crippen LogP contribution in [0.3, 0.4) is 0 Å². The molecule has 23 heavy (non-hydrogen) atoms. The fraction of sp³-hybridized carbons (Fsp3) is 0.941. The van der Waals surface area contributed by atoms with Gasteiger partial charge in [-0.05, 0) is 49.9 Å². The molecule has 4 aliphatic carbocycles. The molecule has 5 nitrogen and oxygen atoms in total. The lowest BCUT2D eigenvalue weighted by atomic mass is 9.42. The van der Waals surface area contributed by atoms with E-state index in [2.05, 4.69) is 12.2 Å². The van der Waals surface area contributed by atoms with E-state index in [4.69, 9.17) is 0 Å². The number of hydrogen-bond acceptors (Lipinski definition) is 4. The topological polar surface area (TPSA) is 83.5 Å². The molecule has 4 bridgehead atoms. The third-order valence-corrected chi connectivity index (χ3v) is 8.23. The van der Waals surface area contributed by atoms with Gasteiger partial charge in [-0.15, -0.1) is 0 Å². The van der Waals surface area contributed by atoms with Crippen molar-refractivity contribution in [3.63, 3.8) is 0 Å². The van der Waals surface area contributed by atoms with E-state index in [1.165, 1.54) is 0 Å². The molecule has 0 aromatic carbocycles. The molecule has 4 fully saturated rings. The van der Waals surface area contributed by atoms with Crippen molar-refractivity contribution >= 4 is 15.7 Å². The molecule has 0 aromatic rings. The van der Waals surface area contributed by atoms with E-state index in [0.717, 1.165) is 38.5 Å². The normalized spacial score (nSPS) is 42.0. The molecule has 0 radical (unpaired) electrons. The summed E-state index contributed by atoms with van der Waals surface area (Å²) in [4.78, 5) is 12.9. The first kappa shape index (κ1) is 17.2. The smallest absolute Gasteiger partial charge is 0.226 e. The van der Waals surface area contributed by atoms with Crippen LogP contribution in [0.1, 0.15) is 58.8 Å². The minimum atomic E-state index is -3.06. The number of amides is 1. The van der Waals surface area contributed by atoms with Crippen LogP contribution < -0.4 is 5.32 Å². The van der Waals surface area contributed by atoms with Gasteiger partial charge in [0, 0.05) is 12.3 Å². The maximum absolute atomic E-state index is 12.9. The SMILES string of the molecule is CCC12CC3CC(O)(C1)CC(C(=O)NCCS(=O)(=O)CC)(C3)C2. The van der Waals surface area contributed by atoms with Gasteiger partial charge in [-0.1, -0.05) is 20.3 Å². The first-order valence-electron chi connectivity index (χ1n) is 8.87. The Labute approximate surface area is 139 Å². The maximum Gasteiger partial charge on any atom is 0.226 e. The molecule has 0 heterocycles. The molecule has 0 spiro atoms.